The Morgan fingerprint density at radius 1 is 1.38 bits per heavy atom. The van der Waals surface area contributed by atoms with Crippen molar-refractivity contribution >= 4 is 17.2 Å². The first-order chi connectivity index (χ1) is 10.1. The Labute approximate surface area is 128 Å². The highest BCUT2D eigenvalue weighted by Crippen LogP contribution is 2.24. The second-order valence-corrected chi connectivity index (χ2v) is 6.81. The topological polar surface area (TPSA) is 51.0 Å². The number of carbonyl (C=O) groups is 1. The van der Waals surface area contributed by atoms with E-state index in [9.17, 15) is 4.79 Å². The van der Waals surface area contributed by atoms with E-state index in [0.29, 0.717) is 5.92 Å². The molecule has 1 fully saturated rings. The summed E-state index contributed by atoms with van der Waals surface area (Å²) in [6.07, 6.45) is 5.90. The Morgan fingerprint density at radius 3 is 2.71 bits per heavy atom. The highest BCUT2D eigenvalue weighted by Gasteiger charge is 2.26. The van der Waals surface area contributed by atoms with Crippen LogP contribution in [-0.4, -0.2) is 38.7 Å². The van der Waals surface area contributed by atoms with E-state index in [1.54, 1.807) is 0 Å². The summed E-state index contributed by atoms with van der Waals surface area (Å²) in [6.45, 7) is 6.49. The maximum absolute atomic E-state index is 12.5. The van der Waals surface area contributed by atoms with Gasteiger partial charge in [0, 0.05) is 32.0 Å². The molecule has 0 atom stereocenters. The van der Waals surface area contributed by atoms with E-state index in [-0.39, 0.29) is 5.91 Å². The molecule has 0 unspecified atom stereocenters. The molecule has 112 valence electrons. The van der Waals surface area contributed by atoms with Crippen LogP contribution in [0.4, 0.5) is 0 Å². The van der Waals surface area contributed by atoms with Crippen LogP contribution in [0.2, 0.25) is 0 Å². The predicted octanol–water partition coefficient (Wildman–Crippen LogP) is 2.51. The molecule has 0 bridgehead atoms. The van der Waals surface area contributed by atoms with E-state index in [1.165, 1.54) is 11.3 Å². The first-order valence-corrected chi connectivity index (χ1v) is 8.16. The smallest absolute Gasteiger partial charge is 0.265 e. The SMILES string of the molecule is Cc1nc(C)c(C(=O)N2CCC(Cn3cccn3)CC2)s1. The number of piperidine rings is 1. The normalized spacial score (nSPS) is 16.4. The monoisotopic (exact) mass is 304 g/mol. The lowest BCUT2D eigenvalue weighted by molar-refractivity contribution is 0.0685. The summed E-state index contributed by atoms with van der Waals surface area (Å²) in [5.74, 6) is 0.758. The summed E-state index contributed by atoms with van der Waals surface area (Å²) in [4.78, 5) is 19.7. The summed E-state index contributed by atoms with van der Waals surface area (Å²) in [5.41, 5.74) is 0.862. The van der Waals surface area contributed by atoms with Gasteiger partial charge in [0.15, 0.2) is 0 Å². The van der Waals surface area contributed by atoms with Gasteiger partial charge in [-0.2, -0.15) is 5.10 Å². The number of nitrogens with zero attached hydrogens (tertiary/aromatic N) is 4. The number of aromatic nitrogens is 3. The molecule has 2 aromatic heterocycles. The Hall–Kier alpha value is -1.69. The van der Waals surface area contributed by atoms with Gasteiger partial charge in [-0.25, -0.2) is 4.98 Å². The summed E-state index contributed by atoms with van der Waals surface area (Å²) < 4.78 is 1.98. The fraction of sp³-hybridized carbons (Fsp3) is 0.533. The lowest BCUT2D eigenvalue weighted by Crippen LogP contribution is -2.39. The fourth-order valence-electron chi connectivity index (χ4n) is 2.86. The van der Waals surface area contributed by atoms with Crippen molar-refractivity contribution in [1.82, 2.24) is 19.7 Å². The van der Waals surface area contributed by atoms with Gasteiger partial charge >= 0.3 is 0 Å². The Kier molecular flexibility index (Phi) is 4.05. The van der Waals surface area contributed by atoms with Gasteiger partial charge in [-0.3, -0.25) is 9.48 Å². The van der Waals surface area contributed by atoms with Crippen molar-refractivity contribution < 1.29 is 4.79 Å². The first-order valence-electron chi connectivity index (χ1n) is 7.34. The molecule has 1 saturated heterocycles. The van der Waals surface area contributed by atoms with Crippen LogP contribution in [0.1, 0.15) is 33.2 Å². The minimum Gasteiger partial charge on any atom is -0.338 e. The number of likely N-dealkylation sites (tertiary alicyclic amines) is 1. The van der Waals surface area contributed by atoms with Gasteiger partial charge in [0.2, 0.25) is 0 Å². The molecule has 1 aliphatic heterocycles. The van der Waals surface area contributed by atoms with Crippen molar-refractivity contribution in [2.45, 2.75) is 33.2 Å². The predicted molar refractivity (Wildman–Crippen MR) is 82.4 cm³/mol. The van der Waals surface area contributed by atoms with Crippen molar-refractivity contribution in [3.63, 3.8) is 0 Å². The van der Waals surface area contributed by atoms with Crippen LogP contribution in [0.15, 0.2) is 18.5 Å². The van der Waals surface area contributed by atoms with Gasteiger partial charge in [0.05, 0.1) is 10.7 Å². The van der Waals surface area contributed by atoms with Gasteiger partial charge < -0.3 is 4.90 Å². The van der Waals surface area contributed by atoms with E-state index in [2.05, 4.69) is 10.1 Å². The zero-order valence-corrected chi connectivity index (χ0v) is 13.3. The molecule has 0 aromatic carbocycles. The largest absolute Gasteiger partial charge is 0.338 e. The number of rotatable bonds is 3. The molecule has 1 amide bonds. The second kappa shape index (κ2) is 5.97. The van der Waals surface area contributed by atoms with Gasteiger partial charge in [-0.1, -0.05) is 0 Å². The second-order valence-electron chi connectivity index (χ2n) is 5.61. The number of aryl methyl sites for hydroxylation is 2. The van der Waals surface area contributed by atoms with Crippen LogP contribution in [-0.2, 0) is 6.54 Å². The zero-order chi connectivity index (χ0) is 14.8. The van der Waals surface area contributed by atoms with Gasteiger partial charge in [-0.15, -0.1) is 11.3 Å². The molecule has 1 aliphatic rings. The molecule has 3 heterocycles. The highest BCUT2D eigenvalue weighted by molar-refractivity contribution is 7.13. The van der Waals surface area contributed by atoms with E-state index in [1.807, 2.05) is 41.9 Å². The van der Waals surface area contributed by atoms with Crippen molar-refractivity contribution in [1.29, 1.82) is 0 Å². The van der Waals surface area contributed by atoms with E-state index >= 15 is 0 Å². The Bertz CT molecular complexity index is 612. The van der Waals surface area contributed by atoms with Crippen LogP contribution in [0, 0.1) is 19.8 Å². The van der Waals surface area contributed by atoms with Crippen molar-refractivity contribution in [2.24, 2.45) is 5.92 Å². The molecule has 3 rings (SSSR count). The first kappa shape index (κ1) is 14.3. The van der Waals surface area contributed by atoms with Gasteiger partial charge in [0.25, 0.3) is 5.91 Å². The molecule has 6 heteroatoms. The van der Waals surface area contributed by atoms with Gasteiger partial charge in [0.1, 0.15) is 4.88 Å². The number of carbonyl (C=O) groups excluding carboxylic acids is 1. The molecule has 21 heavy (non-hydrogen) atoms. The minimum absolute atomic E-state index is 0.149. The summed E-state index contributed by atoms with van der Waals surface area (Å²) in [7, 11) is 0. The molecule has 2 aromatic rings. The third kappa shape index (κ3) is 3.15. The van der Waals surface area contributed by atoms with Crippen LogP contribution in [0.25, 0.3) is 0 Å². The quantitative estimate of drug-likeness (QED) is 0.875. The van der Waals surface area contributed by atoms with Crippen molar-refractivity contribution in [2.75, 3.05) is 13.1 Å². The summed E-state index contributed by atoms with van der Waals surface area (Å²) >= 11 is 1.50. The molecule has 0 N–H and O–H groups in total. The molecule has 5 nitrogen and oxygen atoms in total. The average molecular weight is 304 g/mol. The van der Waals surface area contributed by atoms with Crippen molar-refractivity contribution in [3.8, 4) is 0 Å². The average Bonchev–Trinajstić information content (AvgIpc) is 3.08. The number of thiazole rings is 1. The van der Waals surface area contributed by atoms with Crippen LogP contribution in [0.3, 0.4) is 0 Å². The highest BCUT2D eigenvalue weighted by atomic mass is 32.1. The maximum atomic E-state index is 12.5. The summed E-state index contributed by atoms with van der Waals surface area (Å²) in [6, 6.07) is 1.95. The van der Waals surface area contributed by atoms with E-state index in [4.69, 9.17) is 0 Å². The number of hydrogen-bond donors (Lipinski definition) is 0. The molecule has 0 spiro atoms. The molecule has 0 saturated carbocycles. The fourth-order valence-corrected chi connectivity index (χ4v) is 3.75. The van der Waals surface area contributed by atoms with Crippen LogP contribution in [0.5, 0.6) is 0 Å². The van der Waals surface area contributed by atoms with E-state index in [0.717, 1.165) is 48.1 Å². The van der Waals surface area contributed by atoms with Crippen LogP contribution < -0.4 is 0 Å². The lowest BCUT2D eigenvalue weighted by Gasteiger charge is -2.31. The van der Waals surface area contributed by atoms with Crippen molar-refractivity contribution in [3.05, 3.63) is 34.0 Å². The number of hydrogen-bond acceptors (Lipinski definition) is 4. The molecular formula is C15H20N4OS. The molecule has 0 radical (unpaired) electrons. The Balaban J connectivity index is 1.58. The summed E-state index contributed by atoms with van der Waals surface area (Å²) in [5, 5.41) is 5.22. The maximum Gasteiger partial charge on any atom is 0.265 e. The number of amides is 1. The zero-order valence-electron chi connectivity index (χ0n) is 12.5. The van der Waals surface area contributed by atoms with Gasteiger partial charge in [-0.05, 0) is 38.7 Å². The minimum atomic E-state index is 0.149. The third-order valence-corrected chi connectivity index (χ3v) is 5.06. The third-order valence-electron chi connectivity index (χ3n) is 4.00. The molecular weight excluding hydrogens is 284 g/mol. The standard InChI is InChI=1S/C15H20N4OS/c1-11-14(21-12(2)17-11)15(20)18-8-4-13(5-9-18)10-19-7-3-6-16-19/h3,6-7,13H,4-5,8-10H2,1-2H3. The molecule has 0 aliphatic carbocycles. The van der Waals surface area contributed by atoms with Crippen LogP contribution >= 0.6 is 11.3 Å². The Morgan fingerprint density at radius 2 is 2.14 bits per heavy atom. The lowest BCUT2D eigenvalue weighted by atomic mass is 9.96. The van der Waals surface area contributed by atoms with E-state index < -0.39 is 0 Å².